The smallest absolute Gasteiger partial charge is 0.338 e. The molecular formula is C35H31N3O4S. The number of rotatable bonds is 7. The van der Waals surface area contributed by atoms with E-state index in [1.54, 1.807) is 18.6 Å². The molecule has 0 saturated carbocycles. The Morgan fingerprint density at radius 3 is 2.40 bits per heavy atom. The summed E-state index contributed by atoms with van der Waals surface area (Å²) in [4.78, 5) is 35.7. The lowest BCUT2D eigenvalue weighted by Gasteiger charge is -2.28. The molecule has 0 aliphatic carbocycles. The fraction of sp³-hybridized carbons (Fsp3) is 0.171. The molecule has 1 aliphatic heterocycles. The van der Waals surface area contributed by atoms with Crippen molar-refractivity contribution in [3.63, 3.8) is 0 Å². The van der Waals surface area contributed by atoms with Gasteiger partial charge in [0.05, 0.1) is 29.5 Å². The maximum Gasteiger partial charge on any atom is 0.338 e. The summed E-state index contributed by atoms with van der Waals surface area (Å²) in [6.45, 7) is 1.95. The van der Waals surface area contributed by atoms with Crippen LogP contribution >= 0.6 is 11.3 Å². The Bertz CT molecular complexity index is 2040. The molecule has 0 amide bonds. The number of anilines is 1. The van der Waals surface area contributed by atoms with Crippen LogP contribution in [0, 0.1) is 0 Å². The van der Waals surface area contributed by atoms with E-state index in [0.717, 1.165) is 27.6 Å². The van der Waals surface area contributed by atoms with Crippen LogP contribution in [0.2, 0.25) is 0 Å². The number of benzene rings is 4. The molecule has 4 aromatic carbocycles. The number of nitrogens with zero attached hydrogens (tertiary/aromatic N) is 3. The third kappa shape index (κ3) is 5.15. The Hall–Kier alpha value is -4.95. The molecule has 1 aliphatic rings. The van der Waals surface area contributed by atoms with Gasteiger partial charge in [0.1, 0.15) is 11.8 Å². The lowest BCUT2D eigenvalue weighted by atomic mass is 9.89. The minimum absolute atomic E-state index is 0.178. The van der Waals surface area contributed by atoms with Gasteiger partial charge in [-0.3, -0.25) is 9.36 Å². The SMILES string of the molecule is CCOC(=O)C1=C(c2ccccc2)N=c2s/c(=C/c3ccc(N(C)C)cc3)c(=O)n2[C@@H]1c1c(OC)ccc2ccccc12. The van der Waals surface area contributed by atoms with Crippen molar-refractivity contribution in [1.29, 1.82) is 0 Å². The van der Waals surface area contributed by atoms with Gasteiger partial charge < -0.3 is 14.4 Å². The summed E-state index contributed by atoms with van der Waals surface area (Å²) < 4.78 is 13.7. The van der Waals surface area contributed by atoms with E-state index in [2.05, 4.69) is 0 Å². The van der Waals surface area contributed by atoms with Crippen molar-refractivity contribution in [2.75, 3.05) is 32.7 Å². The van der Waals surface area contributed by atoms with Crippen molar-refractivity contribution in [2.24, 2.45) is 4.99 Å². The zero-order valence-electron chi connectivity index (χ0n) is 24.4. The number of thiazole rings is 1. The Morgan fingerprint density at radius 2 is 1.70 bits per heavy atom. The number of hydrogen-bond donors (Lipinski definition) is 0. The van der Waals surface area contributed by atoms with Gasteiger partial charge >= 0.3 is 5.97 Å². The van der Waals surface area contributed by atoms with Gasteiger partial charge in [0.15, 0.2) is 4.80 Å². The molecule has 0 fully saturated rings. The van der Waals surface area contributed by atoms with E-state index in [0.29, 0.717) is 26.3 Å². The molecule has 0 radical (unpaired) electrons. The number of methoxy groups -OCH3 is 1. The normalized spacial score (nSPS) is 14.8. The average Bonchev–Trinajstić information content (AvgIpc) is 3.34. The van der Waals surface area contributed by atoms with E-state index in [4.69, 9.17) is 14.5 Å². The van der Waals surface area contributed by atoms with Crippen LogP contribution < -0.4 is 24.5 Å². The van der Waals surface area contributed by atoms with Crippen molar-refractivity contribution in [2.45, 2.75) is 13.0 Å². The third-order valence-corrected chi connectivity index (χ3v) is 8.49. The van der Waals surface area contributed by atoms with Crippen LogP contribution in [-0.2, 0) is 9.53 Å². The molecule has 7 nitrogen and oxygen atoms in total. The highest BCUT2D eigenvalue weighted by atomic mass is 32.1. The Balaban J connectivity index is 1.70. The number of ether oxygens (including phenoxy) is 2. The summed E-state index contributed by atoms with van der Waals surface area (Å²) in [7, 11) is 5.57. The van der Waals surface area contributed by atoms with Crippen LogP contribution in [0.5, 0.6) is 5.75 Å². The molecule has 1 aromatic heterocycles. The zero-order chi connectivity index (χ0) is 30.1. The molecule has 8 heteroatoms. The van der Waals surface area contributed by atoms with E-state index in [1.165, 1.54) is 11.3 Å². The van der Waals surface area contributed by atoms with Gasteiger partial charge in [0.2, 0.25) is 0 Å². The average molecular weight is 590 g/mol. The van der Waals surface area contributed by atoms with Crippen LogP contribution in [0.3, 0.4) is 0 Å². The van der Waals surface area contributed by atoms with Crippen molar-refractivity contribution >= 4 is 45.5 Å². The number of fused-ring (bicyclic) bond motifs is 2. The van der Waals surface area contributed by atoms with Crippen LogP contribution in [0.4, 0.5) is 5.69 Å². The van der Waals surface area contributed by atoms with Crippen LogP contribution in [-0.4, -0.2) is 38.3 Å². The van der Waals surface area contributed by atoms with Gasteiger partial charge in [-0.25, -0.2) is 9.79 Å². The van der Waals surface area contributed by atoms with Crippen LogP contribution in [0.25, 0.3) is 22.5 Å². The molecule has 0 bridgehead atoms. The Morgan fingerprint density at radius 1 is 0.977 bits per heavy atom. The quantitative estimate of drug-likeness (QED) is 0.245. The standard InChI is InChI=1S/C35H31N3O4S/c1-5-42-34(40)30-31(24-12-7-6-8-13-24)36-35-38(32(30)29-26-14-10-9-11-23(26)17-20-27(29)41-4)33(39)28(43-35)21-22-15-18-25(19-16-22)37(2)3/h6-21,32H,5H2,1-4H3/b28-21+/t32-/m1/s1. The molecule has 1 atom stereocenters. The van der Waals surface area contributed by atoms with Crippen LogP contribution in [0.1, 0.15) is 29.7 Å². The molecule has 2 heterocycles. The Kier molecular flexibility index (Phi) is 7.69. The summed E-state index contributed by atoms with van der Waals surface area (Å²) in [5.41, 5.74) is 3.94. The minimum Gasteiger partial charge on any atom is -0.496 e. The molecule has 43 heavy (non-hydrogen) atoms. The van der Waals surface area contributed by atoms with E-state index < -0.39 is 12.0 Å². The predicted molar refractivity (Wildman–Crippen MR) is 172 cm³/mol. The highest BCUT2D eigenvalue weighted by Gasteiger charge is 2.37. The second-order valence-corrected chi connectivity index (χ2v) is 11.3. The topological polar surface area (TPSA) is 73.1 Å². The molecule has 0 saturated heterocycles. The number of carbonyl (C=O) groups excluding carboxylic acids is 1. The lowest BCUT2D eigenvalue weighted by Crippen LogP contribution is -2.40. The summed E-state index contributed by atoms with van der Waals surface area (Å²) in [6.07, 6.45) is 1.87. The lowest BCUT2D eigenvalue weighted by molar-refractivity contribution is -0.138. The first-order valence-electron chi connectivity index (χ1n) is 14.0. The van der Waals surface area contributed by atoms with E-state index in [1.807, 2.05) is 116 Å². The van der Waals surface area contributed by atoms with Gasteiger partial charge in [0, 0.05) is 30.9 Å². The summed E-state index contributed by atoms with van der Waals surface area (Å²) in [5, 5.41) is 1.83. The largest absolute Gasteiger partial charge is 0.496 e. The minimum atomic E-state index is -0.843. The summed E-state index contributed by atoms with van der Waals surface area (Å²) in [6, 6.07) is 28.5. The third-order valence-electron chi connectivity index (χ3n) is 7.50. The van der Waals surface area contributed by atoms with E-state index in [-0.39, 0.29) is 17.7 Å². The fourth-order valence-electron chi connectivity index (χ4n) is 5.47. The predicted octanol–water partition coefficient (Wildman–Crippen LogP) is 5.16. The second kappa shape index (κ2) is 11.7. The van der Waals surface area contributed by atoms with Gasteiger partial charge in [0.25, 0.3) is 5.56 Å². The van der Waals surface area contributed by atoms with Crippen molar-refractivity contribution < 1.29 is 14.3 Å². The zero-order valence-corrected chi connectivity index (χ0v) is 25.2. The van der Waals surface area contributed by atoms with Crippen molar-refractivity contribution in [3.8, 4) is 5.75 Å². The monoisotopic (exact) mass is 589 g/mol. The first kappa shape index (κ1) is 28.2. The number of carbonyl (C=O) groups is 1. The number of aromatic nitrogens is 1. The fourth-order valence-corrected chi connectivity index (χ4v) is 6.47. The molecule has 216 valence electrons. The van der Waals surface area contributed by atoms with E-state index in [9.17, 15) is 9.59 Å². The summed E-state index contributed by atoms with van der Waals surface area (Å²) in [5.74, 6) is 0.0345. The highest BCUT2D eigenvalue weighted by Crippen LogP contribution is 2.42. The molecule has 5 aromatic rings. The highest BCUT2D eigenvalue weighted by molar-refractivity contribution is 7.07. The van der Waals surface area contributed by atoms with Gasteiger partial charge in [-0.1, -0.05) is 84.1 Å². The summed E-state index contributed by atoms with van der Waals surface area (Å²) >= 11 is 1.30. The molecule has 0 N–H and O–H groups in total. The maximum absolute atomic E-state index is 14.3. The number of hydrogen-bond acceptors (Lipinski definition) is 7. The number of esters is 1. The maximum atomic E-state index is 14.3. The van der Waals surface area contributed by atoms with E-state index >= 15 is 0 Å². The molecule has 0 spiro atoms. The first-order valence-corrected chi connectivity index (χ1v) is 14.8. The second-order valence-electron chi connectivity index (χ2n) is 10.3. The van der Waals surface area contributed by atoms with Crippen molar-refractivity contribution in [3.05, 3.63) is 133 Å². The van der Waals surface area contributed by atoms with Crippen LogP contribution in [0.15, 0.2) is 106 Å². The van der Waals surface area contributed by atoms with Gasteiger partial charge in [-0.2, -0.15) is 0 Å². The Labute approximate surface area is 253 Å². The van der Waals surface area contributed by atoms with Gasteiger partial charge in [-0.15, -0.1) is 0 Å². The van der Waals surface area contributed by atoms with Gasteiger partial charge in [-0.05, 0) is 47.5 Å². The van der Waals surface area contributed by atoms with Crippen molar-refractivity contribution in [1.82, 2.24) is 4.57 Å². The molecule has 6 rings (SSSR count). The first-order chi connectivity index (χ1) is 20.9. The molecule has 0 unspecified atom stereocenters. The molecular weight excluding hydrogens is 558 g/mol.